The molecule has 1 fully saturated rings. The number of carbonyl (C=O) groups is 3. The van der Waals surface area contributed by atoms with Crippen LogP contribution in [0, 0.1) is 5.92 Å². The van der Waals surface area contributed by atoms with E-state index in [9.17, 15) is 19.5 Å². The highest BCUT2D eigenvalue weighted by Crippen LogP contribution is 2.44. The molecule has 2 N–H and O–H groups in total. The van der Waals surface area contributed by atoms with E-state index in [2.05, 4.69) is 29.6 Å². The van der Waals surface area contributed by atoms with Crippen molar-refractivity contribution in [3.8, 4) is 11.1 Å². The van der Waals surface area contributed by atoms with Crippen LogP contribution >= 0.6 is 11.8 Å². The number of ether oxygens (including phenoxy) is 1. The monoisotopic (exact) mass is 496 g/mol. The van der Waals surface area contributed by atoms with E-state index >= 15 is 0 Å². The van der Waals surface area contributed by atoms with Gasteiger partial charge < -0.3 is 20.1 Å². The standard InChI is InChI=1S/C27H32N2O5S/c1-17-11-12-24(26(31)32)29(15-17)25(30)23(13-14-35-2)28-27(33)34-16-22-20-9-5-3-7-18(20)19-8-4-6-10-21(19)22/h3-10,17,22-24H,11-16H2,1-2H3,(H,28,33)(H,31,32)/t17?,23-,24?/m0/s1. The Bertz CT molecular complexity index is 1050. The van der Waals surface area contributed by atoms with E-state index in [0.29, 0.717) is 25.1 Å². The lowest BCUT2D eigenvalue weighted by Crippen LogP contribution is -2.57. The number of fused-ring (bicyclic) bond motifs is 3. The first-order chi connectivity index (χ1) is 16.9. The Kier molecular flexibility index (Phi) is 8.00. The van der Waals surface area contributed by atoms with Crippen LogP contribution in [0.5, 0.6) is 0 Å². The fraction of sp³-hybridized carbons (Fsp3) is 0.444. The van der Waals surface area contributed by atoms with E-state index in [-0.39, 0.29) is 24.3 Å². The van der Waals surface area contributed by atoms with Crippen molar-refractivity contribution in [2.45, 2.75) is 44.2 Å². The number of carbonyl (C=O) groups excluding carboxylic acids is 2. The van der Waals surface area contributed by atoms with E-state index < -0.39 is 24.1 Å². The number of benzene rings is 2. The first kappa shape index (κ1) is 25.1. The average molecular weight is 497 g/mol. The zero-order chi connectivity index (χ0) is 24.9. The first-order valence-corrected chi connectivity index (χ1v) is 13.4. The van der Waals surface area contributed by atoms with Gasteiger partial charge in [0.1, 0.15) is 18.7 Å². The largest absolute Gasteiger partial charge is 0.480 e. The highest BCUT2D eigenvalue weighted by Gasteiger charge is 2.38. The van der Waals surface area contributed by atoms with Crippen LogP contribution in [0.25, 0.3) is 11.1 Å². The molecule has 2 unspecified atom stereocenters. The maximum atomic E-state index is 13.4. The van der Waals surface area contributed by atoms with Crippen LogP contribution in [-0.4, -0.2) is 65.2 Å². The van der Waals surface area contributed by atoms with E-state index in [1.165, 1.54) is 4.90 Å². The number of carboxylic acid groups (broad SMARTS) is 1. The summed E-state index contributed by atoms with van der Waals surface area (Å²) in [5, 5.41) is 12.4. The number of rotatable bonds is 8. The van der Waals surface area contributed by atoms with Crippen molar-refractivity contribution in [3.63, 3.8) is 0 Å². The second-order valence-corrected chi connectivity index (χ2v) is 10.3. The Labute approximate surface area is 210 Å². The number of nitrogens with zero attached hydrogens (tertiary/aromatic N) is 1. The van der Waals surface area contributed by atoms with Crippen molar-refractivity contribution >= 4 is 29.7 Å². The van der Waals surface area contributed by atoms with Crippen molar-refractivity contribution in [2.24, 2.45) is 5.92 Å². The van der Waals surface area contributed by atoms with Crippen LogP contribution in [0.4, 0.5) is 4.79 Å². The highest BCUT2D eigenvalue weighted by molar-refractivity contribution is 7.98. The average Bonchev–Trinajstić information content (AvgIpc) is 3.18. The summed E-state index contributed by atoms with van der Waals surface area (Å²) in [6.07, 6.45) is 2.85. The Morgan fingerprint density at radius 1 is 1.09 bits per heavy atom. The molecule has 2 aromatic rings. The summed E-state index contributed by atoms with van der Waals surface area (Å²) in [4.78, 5) is 39.4. The lowest BCUT2D eigenvalue weighted by Gasteiger charge is -2.38. The molecule has 1 aliphatic heterocycles. The van der Waals surface area contributed by atoms with Gasteiger partial charge in [-0.3, -0.25) is 4.79 Å². The fourth-order valence-corrected chi connectivity index (χ4v) is 5.60. The van der Waals surface area contributed by atoms with Crippen molar-refractivity contribution in [2.75, 3.05) is 25.2 Å². The number of aliphatic carboxylic acids is 1. The molecule has 1 heterocycles. The van der Waals surface area contributed by atoms with Gasteiger partial charge in [0.15, 0.2) is 0 Å². The van der Waals surface area contributed by atoms with Gasteiger partial charge in [-0.15, -0.1) is 0 Å². The van der Waals surface area contributed by atoms with E-state index in [1.807, 2.05) is 37.4 Å². The van der Waals surface area contributed by atoms with Crippen molar-refractivity contribution in [1.82, 2.24) is 10.2 Å². The predicted molar refractivity (Wildman–Crippen MR) is 137 cm³/mol. The van der Waals surface area contributed by atoms with Crippen molar-refractivity contribution < 1.29 is 24.2 Å². The second kappa shape index (κ2) is 11.2. The van der Waals surface area contributed by atoms with Crippen LogP contribution in [0.2, 0.25) is 0 Å². The summed E-state index contributed by atoms with van der Waals surface area (Å²) in [5.74, 6) is -0.569. The van der Waals surface area contributed by atoms with Gasteiger partial charge in [0.05, 0.1) is 0 Å². The molecule has 2 aromatic carbocycles. The molecule has 4 rings (SSSR count). The number of likely N-dealkylation sites (tertiary alicyclic amines) is 1. The molecular weight excluding hydrogens is 464 g/mol. The molecule has 1 saturated heterocycles. The van der Waals surface area contributed by atoms with E-state index in [0.717, 1.165) is 28.7 Å². The van der Waals surface area contributed by atoms with Gasteiger partial charge in [-0.25, -0.2) is 9.59 Å². The predicted octanol–water partition coefficient (Wildman–Crippen LogP) is 4.36. The fourth-order valence-electron chi connectivity index (χ4n) is 5.13. The van der Waals surface area contributed by atoms with Gasteiger partial charge in [-0.2, -0.15) is 11.8 Å². The molecule has 8 heteroatoms. The lowest BCUT2D eigenvalue weighted by molar-refractivity contribution is -0.154. The van der Waals surface area contributed by atoms with Crippen molar-refractivity contribution in [3.05, 3.63) is 59.7 Å². The molecule has 0 saturated carbocycles. The third kappa shape index (κ3) is 5.48. The number of hydrogen-bond acceptors (Lipinski definition) is 5. The summed E-state index contributed by atoms with van der Waals surface area (Å²) >= 11 is 1.57. The minimum absolute atomic E-state index is 0.0761. The zero-order valence-electron chi connectivity index (χ0n) is 20.1. The molecule has 0 bridgehead atoms. The molecule has 7 nitrogen and oxygen atoms in total. The van der Waals surface area contributed by atoms with Gasteiger partial charge >= 0.3 is 12.1 Å². The van der Waals surface area contributed by atoms with E-state index in [1.54, 1.807) is 11.8 Å². The number of alkyl carbamates (subject to hydrolysis) is 1. The molecule has 2 amide bonds. The molecule has 2 aliphatic rings. The third-order valence-electron chi connectivity index (χ3n) is 6.93. The topological polar surface area (TPSA) is 95.9 Å². The number of piperidine rings is 1. The molecular formula is C27H32N2O5S. The summed E-state index contributed by atoms with van der Waals surface area (Å²) in [5.41, 5.74) is 4.51. The number of carboxylic acids is 1. The molecule has 3 atom stereocenters. The molecule has 0 radical (unpaired) electrons. The Hall–Kier alpha value is -3.00. The highest BCUT2D eigenvalue weighted by atomic mass is 32.2. The van der Waals surface area contributed by atoms with Crippen LogP contribution < -0.4 is 5.32 Å². The number of amides is 2. The number of hydrogen-bond donors (Lipinski definition) is 2. The van der Waals surface area contributed by atoms with Gasteiger partial charge in [0.25, 0.3) is 0 Å². The molecule has 0 aromatic heterocycles. The SMILES string of the molecule is CSCC[C@H](NC(=O)OCC1c2ccccc2-c2ccccc21)C(=O)N1CC(C)CCC1C(=O)O. The second-order valence-electron chi connectivity index (χ2n) is 9.33. The molecule has 186 valence electrons. The maximum absolute atomic E-state index is 13.4. The Morgan fingerprint density at radius 2 is 1.71 bits per heavy atom. The first-order valence-electron chi connectivity index (χ1n) is 12.0. The summed E-state index contributed by atoms with van der Waals surface area (Å²) < 4.78 is 5.64. The van der Waals surface area contributed by atoms with Gasteiger partial charge in [-0.1, -0.05) is 55.5 Å². The minimum atomic E-state index is -1.00. The maximum Gasteiger partial charge on any atom is 0.407 e. The summed E-state index contributed by atoms with van der Waals surface area (Å²) in [6, 6.07) is 14.5. The van der Waals surface area contributed by atoms with E-state index in [4.69, 9.17) is 4.74 Å². The smallest absolute Gasteiger partial charge is 0.407 e. The van der Waals surface area contributed by atoms with Gasteiger partial charge in [-0.05, 0) is 59.4 Å². The van der Waals surface area contributed by atoms with Gasteiger partial charge in [0, 0.05) is 12.5 Å². The minimum Gasteiger partial charge on any atom is -0.480 e. The molecule has 0 spiro atoms. The Morgan fingerprint density at radius 3 is 2.31 bits per heavy atom. The number of nitrogens with one attached hydrogen (secondary N) is 1. The summed E-state index contributed by atoms with van der Waals surface area (Å²) in [7, 11) is 0. The van der Waals surface area contributed by atoms with Crippen LogP contribution in [0.1, 0.15) is 43.2 Å². The Balaban J connectivity index is 1.45. The summed E-state index contributed by atoms with van der Waals surface area (Å²) in [6.45, 7) is 2.54. The quantitative estimate of drug-likeness (QED) is 0.564. The van der Waals surface area contributed by atoms with Crippen molar-refractivity contribution in [1.29, 1.82) is 0 Å². The molecule has 35 heavy (non-hydrogen) atoms. The third-order valence-corrected chi connectivity index (χ3v) is 7.57. The zero-order valence-corrected chi connectivity index (χ0v) is 20.9. The normalized spacial score (nSPS) is 20.0. The number of thioether (sulfide) groups is 1. The van der Waals surface area contributed by atoms with Gasteiger partial charge in [0.2, 0.25) is 5.91 Å². The van der Waals surface area contributed by atoms with Crippen LogP contribution in [0.15, 0.2) is 48.5 Å². The van der Waals surface area contributed by atoms with Crippen LogP contribution in [-0.2, 0) is 14.3 Å². The molecule has 1 aliphatic carbocycles. The van der Waals surface area contributed by atoms with Crippen LogP contribution in [0.3, 0.4) is 0 Å². The lowest BCUT2D eigenvalue weighted by atomic mass is 9.93.